The quantitative estimate of drug-likeness (QED) is 0.121. The first-order valence-corrected chi connectivity index (χ1v) is 12.9. The smallest absolute Gasteiger partial charge is 0.0182 e. The highest BCUT2D eigenvalue weighted by atomic mass is 127. The van der Waals surface area contributed by atoms with E-state index in [0.717, 1.165) is 5.92 Å². The molecule has 2 heteroatoms. The van der Waals surface area contributed by atoms with Crippen LogP contribution in [-0.2, 0) is 0 Å². The van der Waals surface area contributed by atoms with Crippen LogP contribution in [0.1, 0.15) is 156 Å². The van der Waals surface area contributed by atoms with Crippen molar-refractivity contribution in [2.24, 2.45) is 11.7 Å². The van der Waals surface area contributed by atoms with E-state index in [-0.39, 0.29) is 29.5 Å². The van der Waals surface area contributed by atoms with Gasteiger partial charge in [0.05, 0.1) is 0 Å². The molecule has 0 atom stereocenters. The van der Waals surface area contributed by atoms with Crippen LogP contribution in [0.3, 0.4) is 0 Å². The predicted molar refractivity (Wildman–Crippen MR) is 141 cm³/mol. The van der Waals surface area contributed by atoms with E-state index in [1.807, 2.05) is 0 Å². The van der Waals surface area contributed by atoms with E-state index < -0.39 is 0 Å². The van der Waals surface area contributed by atoms with Crippen LogP contribution >= 0.6 is 24.0 Å². The van der Waals surface area contributed by atoms with Crippen LogP contribution in [-0.4, -0.2) is 5.54 Å². The molecular weight excluding hydrogens is 453 g/mol. The molecule has 0 bridgehead atoms. The van der Waals surface area contributed by atoms with Crippen LogP contribution < -0.4 is 5.73 Å². The third kappa shape index (κ3) is 16.5. The minimum absolute atomic E-state index is 0. The Balaban J connectivity index is 0. The van der Waals surface area contributed by atoms with Crippen molar-refractivity contribution in [1.29, 1.82) is 0 Å². The highest BCUT2D eigenvalue weighted by Gasteiger charge is 2.33. The highest BCUT2D eigenvalue weighted by molar-refractivity contribution is 14.0. The summed E-state index contributed by atoms with van der Waals surface area (Å²) in [6.07, 6.45) is 27.2. The molecule has 0 fully saturated rings. The van der Waals surface area contributed by atoms with E-state index >= 15 is 0 Å². The van der Waals surface area contributed by atoms with Crippen molar-refractivity contribution in [3.63, 3.8) is 0 Å². The zero-order chi connectivity index (χ0) is 20.2. The van der Waals surface area contributed by atoms with E-state index in [1.54, 1.807) is 0 Å². The number of nitrogens with two attached hydrogens (primary N) is 1. The maximum absolute atomic E-state index is 7.24. The van der Waals surface area contributed by atoms with Crippen molar-refractivity contribution >= 4 is 24.0 Å². The molecule has 1 nitrogen and oxygen atoms in total. The van der Waals surface area contributed by atoms with Gasteiger partial charge >= 0.3 is 0 Å². The highest BCUT2D eigenvalue weighted by Crippen LogP contribution is 2.35. The topological polar surface area (TPSA) is 26.0 Å². The van der Waals surface area contributed by atoms with Crippen LogP contribution in [0.15, 0.2) is 0 Å². The zero-order valence-corrected chi connectivity index (χ0v) is 22.5. The molecule has 0 saturated carbocycles. The molecule has 0 aliphatic rings. The van der Waals surface area contributed by atoms with Crippen molar-refractivity contribution < 1.29 is 0 Å². The van der Waals surface area contributed by atoms with E-state index in [0.29, 0.717) is 0 Å². The Kier molecular flexibility index (Phi) is 24.7. The van der Waals surface area contributed by atoms with Crippen molar-refractivity contribution in [3.8, 4) is 0 Å². The molecule has 0 saturated heterocycles. The first-order chi connectivity index (χ1) is 13.1. The Labute approximate surface area is 196 Å². The Morgan fingerprint density at radius 2 is 0.821 bits per heavy atom. The summed E-state index contributed by atoms with van der Waals surface area (Å²) in [5.41, 5.74) is 7.35. The number of rotatable bonds is 21. The number of halogens is 1. The summed E-state index contributed by atoms with van der Waals surface area (Å²) >= 11 is 0. The molecule has 2 N–H and O–H groups in total. The average molecular weight is 510 g/mol. The molecule has 0 heterocycles. The summed E-state index contributed by atoms with van der Waals surface area (Å²) in [5.74, 6) is 0.759. The largest absolute Gasteiger partial charge is 0.325 e. The lowest BCUT2D eigenvalue weighted by molar-refractivity contribution is 0.190. The normalized spacial score (nSPS) is 11.8. The summed E-state index contributed by atoms with van der Waals surface area (Å²) in [6.45, 7) is 9.25. The SMILES string of the molecule is CCCCCCC(CCCCCC)C(N)(CCCCCC)CCCCCC.I. The van der Waals surface area contributed by atoms with Gasteiger partial charge in [-0.3, -0.25) is 0 Å². The van der Waals surface area contributed by atoms with Gasteiger partial charge in [-0.25, -0.2) is 0 Å². The molecule has 0 aromatic rings. The van der Waals surface area contributed by atoms with Gasteiger partial charge in [0.25, 0.3) is 0 Å². The minimum Gasteiger partial charge on any atom is -0.325 e. The molecule has 172 valence electrons. The van der Waals surface area contributed by atoms with Crippen LogP contribution in [0.4, 0.5) is 0 Å². The molecule has 0 spiro atoms. The first-order valence-electron chi connectivity index (χ1n) is 12.9. The second-order valence-corrected chi connectivity index (χ2v) is 9.25. The number of hydrogen-bond donors (Lipinski definition) is 1. The second kappa shape index (κ2) is 22.4. The molecule has 0 aliphatic heterocycles. The molecule has 0 aliphatic carbocycles. The van der Waals surface area contributed by atoms with Gasteiger partial charge in [0.2, 0.25) is 0 Å². The second-order valence-electron chi connectivity index (χ2n) is 9.25. The Bertz CT molecular complexity index is 268. The van der Waals surface area contributed by atoms with Crippen LogP contribution in [0, 0.1) is 5.92 Å². The first kappa shape index (κ1) is 30.9. The van der Waals surface area contributed by atoms with Crippen molar-refractivity contribution in [3.05, 3.63) is 0 Å². The lowest BCUT2D eigenvalue weighted by Crippen LogP contribution is -2.47. The van der Waals surface area contributed by atoms with E-state index in [9.17, 15) is 0 Å². The predicted octanol–water partition coefficient (Wildman–Crippen LogP) is 9.80. The molecule has 0 unspecified atom stereocenters. The van der Waals surface area contributed by atoms with Gasteiger partial charge in [-0.05, 0) is 31.6 Å². The Morgan fingerprint density at radius 3 is 1.14 bits per heavy atom. The van der Waals surface area contributed by atoms with Gasteiger partial charge in [0.15, 0.2) is 0 Å². The van der Waals surface area contributed by atoms with Crippen molar-refractivity contribution in [2.45, 2.75) is 162 Å². The van der Waals surface area contributed by atoms with E-state index in [4.69, 9.17) is 5.73 Å². The zero-order valence-electron chi connectivity index (χ0n) is 20.2. The Morgan fingerprint density at radius 1 is 0.500 bits per heavy atom. The average Bonchev–Trinajstić information content (AvgIpc) is 2.67. The molecule has 28 heavy (non-hydrogen) atoms. The molecule has 0 radical (unpaired) electrons. The summed E-state index contributed by atoms with van der Waals surface area (Å²) in [7, 11) is 0. The molecule has 0 aromatic heterocycles. The van der Waals surface area contributed by atoms with E-state index in [2.05, 4.69) is 27.7 Å². The minimum atomic E-state index is 0. The van der Waals surface area contributed by atoms with Crippen LogP contribution in [0.5, 0.6) is 0 Å². The molecule has 0 amide bonds. The number of unbranched alkanes of at least 4 members (excludes halogenated alkanes) is 12. The monoisotopic (exact) mass is 509 g/mol. The maximum Gasteiger partial charge on any atom is 0.0182 e. The third-order valence-corrected chi connectivity index (χ3v) is 6.62. The fourth-order valence-electron chi connectivity index (χ4n) is 4.65. The summed E-state index contributed by atoms with van der Waals surface area (Å²) in [6, 6.07) is 0. The van der Waals surface area contributed by atoms with Gasteiger partial charge < -0.3 is 5.73 Å². The van der Waals surface area contributed by atoms with Gasteiger partial charge in [-0.1, -0.05) is 130 Å². The van der Waals surface area contributed by atoms with Crippen LogP contribution in [0.2, 0.25) is 0 Å². The summed E-state index contributed by atoms with van der Waals surface area (Å²) < 4.78 is 0. The summed E-state index contributed by atoms with van der Waals surface area (Å²) in [5, 5.41) is 0. The lowest BCUT2D eigenvalue weighted by atomic mass is 9.72. The van der Waals surface area contributed by atoms with Gasteiger partial charge in [-0.2, -0.15) is 0 Å². The molecule has 0 rings (SSSR count). The third-order valence-electron chi connectivity index (χ3n) is 6.62. The van der Waals surface area contributed by atoms with Crippen molar-refractivity contribution in [2.75, 3.05) is 0 Å². The van der Waals surface area contributed by atoms with Gasteiger partial charge in [0.1, 0.15) is 0 Å². The fraction of sp³-hybridized carbons (Fsp3) is 1.00. The maximum atomic E-state index is 7.24. The standard InChI is InChI=1S/C26H55N.HI/c1-5-9-13-17-21-25(22-18-14-10-6-2)26(27,23-19-15-11-7-3)24-20-16-12-8-4;/h25H,5-24,27H2,1-4H3;1H. The molecule has 0 aromatic carbocycles. The van der Waals surface area contributed by atoms with Gasteiger partial charge in [0, 0.05) is 5.54 Å². The van der Waals surface area contributed by atoms with Crippen molar-refractivity contribution in [1.82, 2.24) is 0 Å². The molecular formula is C26H56IN. The van der Waals surface area contributed by atoms with E-state index in [1.165, 1.54) is 128 Å². The Hall–Kier alpha value is 0.690. The summed E-state index contributed by atoms with van der Waals surface area (Å²) in [4.78, 5) is 0. The van der Waals surface area contributed by atoms with Gasteiger partial charge in [-0.15, -0.1) is 24.0 Å². The number of hydrogen-bond acceptors (Lipinski definition) is 1. The van der Waals surface area contributed by atoms with Crippen LogP contribution in [0.25, 0.3) is 0 Å². The lowest BCUT2D eigenvalue weighted by Gasteiger charge is -2.39. The fourth-order valence-corrected chi connectivity index (χ4v) is 4.65.